The minimum absolute atomic E-state index is 0.615. The van der Waals surface area contributed by atoms with E-state index in [0.717, 1.165) is 23.6 Å². The molecule has 19 heavy (non-hydrogen) atoms. The van der Waals surface area contributed by atoms with Crippen molar-refractivity contribution in [1.29, 1.82) is 0 Å². The van der Waals surface area contributed by atoms with Gasteiger partial charge in [-0.3, -0.25) is 0 Å². The van der Waals surface area contributed by atoms with Crippen LogP contribution in [0.2, 0.25) is 0 Å². The maximum Gasteiger partial charge on any atom is 0.0314 e. The maximum absolute atomic E-state index is 5.73. The van der Waals surface area contributed by atoms with Crippen molar-refractivity contribution in [1.82, 2.24) is 5.32 Å². The molecule has 0 spiro atoms. The number of benzene rings is 1. The van der Waals surface area contributed by atoms with Crippen LogP contribution in [0, 0.1) is 11.3 Å². The summed E-state index contributed by atoms with van der Waals surface area (Å²) in [4.78, 5) is 0. The van der Waals surface area contributed by atoms with Gasteiger partial charge in [-0.25, -0.2) is 0 Å². The Hall–Kier alpha value is -1.02. The monoisotopic (exact) mass is 258 g/mol. The molecule has 1 aromatic rings. The molecule has 0 heterocycles. The van der Waals surface area contributed by atoms with Gasteiger partial charge >= 0.3 is 0 Å². The first-order valence-electron chi connectivity index (χ1n) is 7.76. The van der Waals surface area contributed by atoms with E-state index in [2.05, 4.69) is 24.4 Å². The van der Waals surface area contributed by atoms with Gasteiger partial charge in [-0.2, -0.15) is 0 Å². The second-order valence-electron chi connectivity index (χ2n) is 6.67. The number of nitrogen functional groups attached to an aromatic ring is 1. The molecule has 2 saturated carbocycles. The van der Waals surface area contributed by atoms with Gasteiger partial charge in [0.15, 0.2) is 0 Å². The Kier molecular flexibility index (Phi) is 3.53. The molecule has 0 saturated heterocycles. The average Bonchev–Trinajstić information content (AvgIpc) is 3.28. The van der Waals surface area contributed by atoms with Crippen LogP contribution < -0.4 is 11.1 Å². The van der Waals surface area contributed by atoms with E-state index in [1.807, 2.05) is 12.1 Å². The lowest BCUT2D eigenvalue weighted by atomic mass is 9.97. The van der Waals surface area contributed by atoms with Gasteiger partial charge in [0, 0.05) is 12.2 Å². The number of anilines is 1. The van der Waals surface area contributed by atoms with Crippen molar-refractivity contribution in [3.05, 3.63) is 29.8 Å². The standard InChI is InChI=1S/C17H26N2/c1-13(14-2-6-16(18)7-3-14)8-11-19-12-17(9-10-17)15-4-5-15/h2-3,6-7,13,15,19H,4-5,8-12,18H2,1H3. The summed E-state index contributed by atoms with van der Waals surface area (Å²) in [6.45, 7) is 4.70. The Bertz CT molecular complexity index is 415. The Morgan fingerprint density at radius 1 is 1.26 bits per heavy atom. The van der Waals surface area contributed by atoms with E-state index in [1.54, 1.807) is 0 Å². The third-order valence-corrected chi connectivity index (χ3v) is 5.07. The van der Waals surface area contributed by atoms with Crippen LogP contribution in [0.1, 0.15) is 50.5 Å². The minimum atomic E-state index is 0.615. The maximum atomic E-state index is 5.73. The van der Waals surface area contributed by atoms with E-state index in [1.165, 1.54) is 44.2 Å². The van der Waals surface area contributed by atoms with Crippen LogP contribution in [0.25, 0.3) is 0 Å². The summed E-state index contributed by atoms with van der Waals surface area (Å²) in [6.07, 6.45) is 7.13. The molecule has 0 aliphatic heterocycles. The molecule has 2 aliphatic rings. The van der Waals surface area contributed by atoms with Crippen molar-refractivity contribution in [3.8, 4) is 0 Å². The zero-order valence-electron chi connectivity index (χ0n) is 12.0. The fraction of sp³-hybridized carbons (Fsp3) is 0.647. The van der Waals surface area contributed by atoms with E-state index in [4.69, 9.17) is 5.73 Å². The summed E-state index contributed by atoms with van der Waals surface area (Å²) in [7, 11) is 0. The Morgan fingerprint density at radius 2 is 1.95 bits per heavy atom. The van der Waals surface area contributed by atoms with Crippen molar-refractivity contribution in [2.45, 2.75) is 44.9 Å². The minimum Gasteiger partial charge on any atom is -0.399 e. The summed E-state index contributed by atoms with van der Waals surface area (Å²) in [5.41, 5.74) is 8.71. The summed E-state index contributed by atoms with van der Waals surface area (Å²) in [6, 6.07) is 8.33. The molecule has 2 aliphatic carbocycles. The summed E-state index contributed by atoms with van der Waals surface area (Å²) in [5.74, 6) is 1.68. The van der Waals surface area contributed by atoms with Gasteiger partial charge in [-0.15, -0.1) is 0 Å². The van der Waals surface area contributed by atoms with Gasteiger partial charge in [-0.05, 0) is 73.6 Å². The number of nitrogens with two attached hydrogens (primary N) is 1. The molecule has 2 fully saturated rings. The fourth-order valence-electron chi connectivity index (χ4n) is 3.23. The van der Waals surface area contributed by atoms with Crippen LogP contribution in [-0.4, -0.2) is 13.1 Å². The molecular weight excluding hydrogens is 232 g/mol. The van der Waals surface area contributed by atoms with Crippen molar-refractivity contribution >= 4 is 5.69 Å². The fourth-order valence-corrected chi connectivity index (χ4v) is 3.23. The van der Waals surface area contributed by atoms with Crippen LogP contribution in [0.4, 0.5) is 5.69 Å². The van der Waals surface area contributed by atoms with E-state index in [9.17, 15) is 0 Å². The Morgan fingerprint density at radius 3 is 2.53 bits per heavy atom. The SMILES string of the molecule is CC(CCNCC1(C2CC2)CC1)c1ccc(N)cc1. The first-order chi connectivity index (χ1) is 9.20. The summed E-state index contributed by atoms with van der Waals surface area (Å²) < 4.78 is 0. The Labute approximate surface area is 116 Å². The predicted octanol–water partition coefficient (Wildman–Crippen LogP) is 3.54. The highest BCUT2D eigenvalue weighted by Gasteiger charge is 2.53. The second kappa shape index (κ2) is 5.16. The molecule has 0 aromatic heterocycles. The van der Waals surface area contributed by atoms with Gasteiger partial charge in [0.05, 0.1) is 0 Å². The molecule has 104 valence electrons. The van der Waals surface area contributed by atoms with Crippen LogP contribution in [0.5, 0.6) is 0 Å². The lowest BCUT2D eigenvalue weighted by Gasteiger charge is -2.17. The van der Waals surface area contributed by atoms with E-state index >= 15 is 0 Å². The molecule has 0 radical (unpaired) electrons. The van der Waals surface area contributed by atoms with Crippen LogP contribution >= 0.6 is 0 Å². The van der Waals surface area contributed by atoms with Gasteiger partial charge in [0.25, 0.3) is 0 Å². The summed E-state index contributed by atoms with van der Waals surface area (Å²) in [5, 5.41) is 3.70. The highest BCUT2D eigenvalue weighted by atomic mass is 14.9. The largest absolute Gasteiger partial charge is 0.399 e. The quantitative estimate of drug-likeness (QED) is 0.580. The van der Waals surface area contributed by atoms with Crippen LogP contribution in [0.15, 0.2) is 24.3 Å². The average molecular weight is 258 g/mol. The van der Waals surface area contributed by atoms with Gasteiger partial charge < -0.3 is 11.1 Å². The van der Waals surface area contributed by atoms with Crippen molar-refractivity contribution in [2.75, 3.05) is 18.8 Å². The lowest BCUT2D eigenvalue weighted by molar-refractivity contribution is 0.399. The first-order valence-corrected chi connectivity index (χ1v) is 7.76. The third-order valence-electron chi connectivity index (χ3n) is 5.07. The number of hydrogen-bond acceptors (Lipinski definition) is 2. The zero-order chi connectivity index (χ0) is 13.3. The number of hydrogen-bond donors (Lipinski definition) is 2. The molecule has 1 atom stereocenters. The topological polar surface area (TPSA) is 38.0 Å². The number of nitrogens with one attached hydrogen (secondary N) is 1. The van der Waals surface area contributed by atoms with Gasteiger partial charge in [0.2, 0.25) is 0 Å². The number of rotatable bonds is 7. The van der Waals surface area contributed by atoms with E-state index in [-0.39, 0.29) is 0 Å². The molecule has 2 nitrogen and oxygen atoms in total. The van der Waals surface area contributed by atoms with Crippen molar-refractivity contribution in [3.63, 3.8) is 0 Å². The van der Waals surface area contributed by atoms with Crippen LogP contribution in [-0.2, 0) is 0 Å². The van der Waals surface area contributed by atoms with E-state index in [0.29, 0.717) is 5.92 Å². The smallest absolute Gasteiger partial charge is 0.0314 e. The lowest BCUT2D eigenvalue weighted by Crippen LogP contribution is -2.26. The summed E-state index contributed by atoms with van der Waals surface area (Å²) >= 11 is 0. The predicted molar refractivity (Wildman–Crippen MR) is 81.1 cm³/mol. The zero-order valence-corrected chi connectivity index (χ0v) is 12.0. The van der Waals surface area contributed by atoms with Crippen molar-refractivity contribution < 1.29 is 0 Å². The Balaban J connectivity index is 1.38. The molecule has 1 unspecified atom stereocenters. The van der Waals surface area contributed by atoms with Gasteiger partial charge in [-0.1, -0.05) is 19.1 Å². The molecule has 0 amide bonds. The normalized spacial score (nSPS) is 22.2. The second-order valence-corrected chi connectivity index (χ2v) is 6.67. The highest BCUT2D eigenvalue weighted by Crippen LogP contribution is 2.60. The molecular formula is C17H26N2. The highest BCUT2D eigenvalue weighted by molar-refractivity contribution is 5.40. The molecule has 0 bridgehead atoms. The molecule has 1 aromatic carbocycles. The van der Waals surface area contributed by atoms with E-state index < -0.39 is 0 Å². The van der Waals surface area contributed by atoms with Crippen molar-refractivity contribution in [2.24, 2.45) is 11.3 Å². The first kappa shape index (κ1) is 13.0. The molecule has 3 N–H and O–H groups in total. The van der Waals surface area contributed by atoms with Crippen LogP contribution in [0.3, 0.4) is 0 Å². The molecule has 3 rings (SSSR count). The van der Waals surface area contributed by atoms with Gasteiger partial charge in [0.1, 0.15) is 0 Å². The molecule has 2 heteroatoms. The third kappa shape index (κ3) is 3.11.